The first-order chi connectivity index (χ1) is 35.6. The van der Waals surface area contributed by atoms with Gasteiger partial charge in [0.05, 0.1) is 42.0 Å². The van der Waals surface area contributed by atoms with Gasteiger partial charge in [0.2, 0.25) is 17.7 Å². The van der Waals surface area contributed by atoms with Crippen molar-refractivity contribution in [3.63, 3.8) is 0 Å². The number of hydrogen-bond acceptors (Lipinski definition) is 13. The van der Waals surface area contributed by atoms with Crippen LogP contribution in [0, 0.1) is 48.3 Å². The topological polar surface area (TPSA) is 157 Å². The molecule has 5 aliphatic rings. The number of nitrogens with zero attached hydrogens (tertiary/aromatic N) is 8. The number of nitrogens with one attached hydrogen (secondary N) is 1. The highest BCUT2D eigenvalue weighted by Crippen LogP contribution is 2.47. The van der Waals surface area contributed by atoms with Gasteiger partial charge in [0.15, 0.2) is 0 Å². The molecule has 2 aromatic heterocycles. The molecule has 4 aliphatic heterocycles. The summed E-state index contributed by atoms with van der Waals surface area (Å²) in [5, 5.41) is 15.6. The van der Waals surface area contributed by atoms with E-state index >= 15 is 4.39 Å². The SMILES string of the molecule is C#Cc1c(F)ccc2cc(O)cc(-c3ncc4c(N5CCOCC5)nc(OCC5(CN6CCN(CC7CCN(c8ccc(C)c(N(C)C(=O)C(C)CC)c8)CC7)CC6)CC5)nc4c3P)c12.CC1CCC(=O)NC1=O. The van der Waals surface area contributed by atoms with Crippen molar-refractivity contribution in [2.45, 2.75) is 72.6 Å². The van der Waals surface area contributed by atoms with E-state index in [-0.39, 0.29) is 46.3 Å². The molecule has 0 radical (unpaired) electrons. The summed E-state index contributed by atoms with van der Waals surface area (Å²) >= 11 is 0. The number of halogens is 1. The van der Waals surface area contributed by atoms with Crippen LogP contribution in [0.1, 0.15) is 76.8 Å². The van der Waals surface area contributed by atoms with E-state index in [0.29, 0.717) is 90.5 Å². The van der Waals surface area contributed by atoms with Crippen molar-refractivity contribution in [2.24, 2.45) is 23.2 Å². The molecule has 2 N–H and O–H groups in total. The molecule has 0 spiro atoms. The molecule has 5 aromatic rings. The Morgan fingerprint density at radius 1 is 1.01 bits per heavy atom. The largest absolute Gasteiger partial charge is 0.508 e. The molecule has 15 nitrogen and oxygen atoms in total. The molecule has 3 aromatic carbocycles. The number of benzene rings is 3. The molecule has 5 fully saturated rings. The summed E-state index contributed by atoms with van der Waals surface area (Å²) in [5.41, 5.74) is 5.21. The van der Waals surface area contributed by atoms with E-state index in [1.807, 2.05) is 25.8 Å². The number of piperazine rings is 1. The van der Waals surface area contributed by atoms with E-state index in [0.717, 1.165) is 94.1 Å². The average Bonchev–Trinajstić information content (AvgIpc) is 4.19. The van der Waals surface area contributed by atoms with Gasteiger partial charge in [0, 0.05) is 130 Å². The van der Waals surface area contributed by atoms with Crippen molar-refractivity contribution < 1.29 is 33.4 Å². The molecular weight excluding hydrogens is 957 g/mol. The van der Waals surface area contributed by atoms with Gasteiger partial charge in [-0.25, -0.2) is 4.39 Å². The van der Waals surface area contributed by atoms with Crippen molar-refractivity contribution in [3.8, 4) is 35.4 Å². The number of carbonyl (C=O) groups is 3. The summed E-state index contributed by atoms with van der Waals surface area (Å²) in [4.78, 5) is 60.8. The minimum atomic E-state index is -0.510. The number of ether oxygens (including phenoxy) is 2. The molecule has 3 atom stereocenters. The molecule has 6 heterocycles. The first-order valence-electron chi connectivity index (χ1n) is 26.4. The number of imide groups is 1. The molecular formula is C57H71FN9O6P. The number of terminal acetylenes is 1. The predicted molar refractivity (Wildman–Crippen MR) is 293 cm³/mol. The summed E-state index contributed by atoms with van der Waals surface area (Å²) in [7, 11) is 4.69. The molecule has 4 saturated heterocycles. The lowest BCUT2D eigenvalue weighted by Crippen LogP contribution is -2.50. The Kier molecular flexibility index (Phi) is 16.3. The molecule has 392 valence electrons. The van der Waals surface area contributed by atoms with Gasteiger partial charge >= 0.3 is 6.01 Å². The van der Waals surface area contributed by atoms with Crippen molar-refractivity contribution in [3.05, 3.63) is 65.6 Å². The van der Waals surface area contributed by atoms with Gasteiger partial charge in [-0.15, -0.1) is 15.7 Å². The van der Waals surface area contributed by atoms with Crippen LogP contribution >= 0.6 is 9.24 Å². The van der Waals surface area contributed by atoms with Crippen LogP contribution in [-0.2, 0) is 19.1 Å². The minimum Gasteiger partial charge on any atom is -0.508 e. The first-order valence-corrected chi connectivity index (χ1v) is 27.0. The zero-order chi connectivity index (χ0) is 52.3. The Hall–Kier alpha value is -5.98. The Labute approximate surface area is 436 Å². The van der Waals surface area contributed by atoms with Crippen LogP contribution in [0.4, 0.5) is 21.6 Å². The van der Waals surface area contributed by atoms with E-state index in [9.17, 15) is 19.5 Å². The highest BCUT2D eigenvalue weighted by molar-refractivity contribution is 7.28. The fraction of sp³-hybridized carbons (Fsp3) is 0.509. The number of pyridine rings is 1. The van der Waals surface area contributed by atoms with Gasteiger partial charge in [-0.2, -0.15) is 9.97 Å². The van der Waals surface area contributed by atoms with E-state index in [4.69, 9.17) is 30.8 Å². The second kappa shape index (κ2) is 22.9. The molecule has 1 saturated carbocycles. The minimum absolute atomic E-state index is 0.0104. The Bertz CT molecular complexity index is 2940. The number of amides is 3. The lowest BCUT2D eigenvalue weighted by molar-refractivity contribution is -0.135. The third-order valence-electron chi connectivity index (χ3n) is 15.9. The van der Waals surface area contributed by atoms with Crippen LogP contribution in [0.2, 0.25) is 0 Å². The second-order valence-corrected chi connectivity index (χ2v) is 21.8. The Morgan fingerprint density at radius 2 is 1.74 bits per heavy atom. The van der Waals surface area contributed by atoms with Crippen molar-refractivity contribution in [2.75, 3.05) is 107 Å². The van der Waals surface area contributed by atoms with E-state index < -0.39 is 5.82 Å². The van der Waals surface area contributed by atoms with Crippen molar-refractivity contribution in [1.82, 2.24) is 30.1 Å². The first kappa shape index (κ1) is 52.9. The van der Waals surface area contributed by atoms with Crippen molar-refractivity contribution >= 4 is 71.1 Å². The van der Waals surface area contributed by atoms with Crippen molar-refractivity contribution in [1.29, 1.82) is 0 Å². The number of phenolic OH excluding ortho intramolecular Hbond substituents is 1. The number of aryl methyl sites for hydroxylation is 1. The Balaban J connectivity index is 0.000000676. The smallest absolute Gasteiger partial charge is 0.318 e. The van der Waals surface area contributed by atoms with Gasteiger partial charge in [0.25, 0.3) is 0 Å². The maximum Gasteiger partial charge on any atom is 0.318 e. The molecule has 3 amide bonds. The molecule has 74 heavy (non-hydrogen) atoms. The number of morpholine rings is 1. The van der Waals surface area contributed by atoms with Crippen LogP contribution in [0.15, 0.2) is 48.7 Å². The summed E-state index contributed by atoms with van der Waals surface area (Å²) in [5.74, 6) is 3.38. The zero-order valence-corrected chi connectivity index (χ0v) is 44.7. The predicted octanol–water partition coefficient (Wildman–Crippen LogP) is 7.08. The van der Waals surface area contributed by atoms with E-state index in [2.05, 4.69) is 72.1 Å². The van der Waals surface area contributed by atoms with E-state index in [1.165, 1.54) is 24.6 Å². The highest BCUT2D eigenvalue weighted by atomic mass is 31.0. The van der Waals surface area contributed by atoms with Crippen LogP contribution in [0.3, 0.4) is 0 Å². The number of hydrogen-bond donors (Lipinski definition) is 2. The van der Waals surface area contributed by atoms with Gasteiger partial charge in [0.1, 0.15) is 17.4 Å². The number of carbonyl (C=O) groups excluding carboxylic acids is 3. The second-order valence-electron chi connectivity index (χ2n) is 21.2. The fourth-order valence-electron chi connectivity index (χ4n) is 10.8. The highest BCUT2D eigenvalue weighted by Gasteiger charge is 2.45. The summed E-state index contributed by atoms with van der Waals surface area (Å²) in [6.07, 6.45) is 14.2. The average molecular weight is 1030 g/mol. The van der Waals surface area contributed by atoms with Gasteiger partial charge < -0.3 is 39.1 Å². The van der Waals surface area contributed by atoms with Crippen LogP contribution in [0.25, 0.3) is 32.9 Å². The van der Waals surface area contributed by atoms with Gasteiger partial charge in [-0.1, -0.05) is 38.8 Å². The number of anilines is 3. The van der Waals surface area contributed by atoms with Gasteiger partial charge in [-0.05, 0) is 92.6 Å². The number of phenols is 1. The summed E-state index contributed by atoms with van der Waals surface area (Å²) in [6, 6.07) is 13.0. The zero-order valence-electron chi connectivity index (χ0n) is 43.6. The maximum absolute atomic E-state index is 15.0. The molecule has 0 bridgehead atoms. The number of aromatic nitrogens is 3. The molecule has 10 rings (SSSR count). The number of piperidine rings is 2. The normalized spacial score (nSPS) is 19.9. The maximum atomic E-state index is 15.0. The van der Waals surface area contributed by atoms with Crippen LogP contribution in [-0.4, -0.2) is 140 Å². The third-order valence-corrected chi connectivity index (χ3v) is 16.5. The van der Waals surface area contributed by atoms with Crippen LogP contribution in [0.5, 0.6) is 11.8 Å². The number of fused-ring (bicyclic) bond motifs is 2. The standard InChI is InChI=1S/C51H62FN8O4P.C6H9NO2/c1-6-33(3)49(62)56(5)43-27-37(10-8-34(43)4)59-16-12-35(13-17-59)30-57-18-20-58(21-19-57)31-51(14-15-51)32-64-50-54-46-41(48(55-50)60-22-24-63-25-23-60)29-53-45(47(46)65)40-28-38(61)26-36-9-11-42(52)39(7-2)44(36)40;1-4-2-3-5(8)7-6(4)9/h2,8-11,26-29,33,35,61H,6,12-25,30-32,65H2,1,3-5H3;4H,2-3H2,1H3,(H,7,8,9). The quantitative estimate of drug-likeness (QED) is 0.0702. The lowest BCUT2D eigenvalue weighted by Gasteiger charge is -2.40. The van der Waals surface area contributed by atoms with Gasteiger partial charge in [-0.3, -0.25) is 24.7 Å². The van der Waals surface area contributed by atoms with E-state index in [1.54, 1.807) is 24.4 Å². The molecule has 3 unspecified atom stereocenters. The monoisotopic (exact) mass is 1030 g/mol. The number of rotatable bonds is 13. The lowest BCUT2D eigenvalue weighted by atomic mass is 9.95. The van der Waals surface area contributed by atoms with Crippen LogP contribution < -0.4 is 30.1 Å². The molecule has 1 aliphatic carbocycles. The third kappa shape index (κ3) is 11.8. The summed E-state index contributed by atoms with van der Waals surface area (Å²) < 4.78 is 27.3. The molecule has 17 heteroatoms. The fourth-order valence-corrected chi connectivity index (χ4v) is 11.2. The Morgan fingerprint density at radius 3 is 2.42 bits per heavy atom. The number of aromatic hydroxyl groups is 1. The summed E-state index contributed by atoms with van der Waals surface area (Å²) in [6.45, 7) is 19.5.